The lowest BCUT2D eigenvalue weighted by atomic mass is 10.1. The van der Waals surface area contributed by atoms with Crippen LogP contribution in [0, 0.1) is 11.3 Å². The Balaban J connectivity index is 1.39. The van der Waals surface area contributed by atoms with Crippen LogP contribution in [0.25, 0.3) is 6.08 Å². The summed E-state index contributed by atoms with van der Waals surface area (Å²) in [6.07, 6.45) is 1.51. The summed E-state index contributed by atoms with van der Waals surface area (Å²) in [6, 6.07) is 29.5. The Bertz CT molecular complexity index is 1510. The van der Waals surface area contributed by atoms with Gasteiger partial charge < -0.3 is 19.5 Å². The lowest BCUT2D eigenvalue weighted by molar-refractivity contribution is -0.112. The number of benzene rings is 4. The second kappa shape index (κ2) is 14.2. The average molecular weight is 618 g/mol. The molecule has 0 atom stereocenters. The third-order valence-corrected chi connectivity index (χ3v) is 6.46. The van der Waals surface area contributed by atoms with Crippen LogP contribution in [0.5, 0.6) is 17.2 Å². The van der Waals surface area contributed by atoms with Crippen molar-refractivity contribution < 1.29 is 19.0 Å². The van der Waals surface area contributed by atoms with Crippen LogP contribution in [0.1, 0.15) is 23.6 Å². The van der Waals surface area contributed by atoms with Gasteiger partial charge in [-0.2, -0.15) is 5.26 Å². The molecule has 0 heterocycles. The number of halogens is 2. The highest BCUT2D eigenvalue weighted by molar-refractivity contribution is 9.10. The number of nitrogens with one attached hydrogen (secondary N) is 1. The van der Waals surface area contributed by atoms with Crippen molar-refractivity contribution in [3.63, 3.8) is 0 Å². The number of nitriles is 1. The van der Waals surface area contributed by atoms with Crippen molar-refractivity contribution in [3.8, 4) is 23.3 Å². The first kappa shape index (κ1) is 28.8. The van der Waals surface area contributed by atoms with Gasteiger partial charge in [0.15, 0.2) is 11.5 Å². The van der Waals surface area contributed by atoms with Crippen LogP contribution in [0.4, 0.5) is 5.69 Å². The second-order valence-electron chi connectivity index (χ2n) is 8.62. The van der Waals surface area contributed by atoms with Gasteiger partial charge in [0.2, 0.25) is 0 Å². The number of carbonyl (C=O) groups is 1. The monoisotopic (exact) mass is 616 g/mol. The molecule has 0 saturated heterocycles. The Morgan fingerprint density at radius 1 is 0.875 bits per heavy atom. The molecule has 4 rings (SSSR count). The van der Waals surface area contributed by atoms with Gasteiger partial charge in [-0.25, -0.2) is 0 Å². The van der Waals surface area contributed by atoms with Gasteiger partial charge in [-0.1, -0.05) is 57.9 Å². The summed E-state index contributed by atoms with van der Waals surface area (Å²) >= 11 is 9.37. The Morgan fingerprint density at radius 3 is 2.17 bits per heavy atom. The van der Waals surface area contributed by atoms with Gasteiger partial charge in [0.05, 0.1) is 6.61 Å². The van der Waals surface area contributed by atoms with E-state index in [0.29, 0.717) is 53.3 Å². The van der Waals surface area contributed by atoms with Crippen LogP contribution >= 0.6 is 27.5 Å². The fraction of sp³-hybridized carbons (Fsp3) is 0.125. The standard InChI is InChI=1S/C32H26BrClN2O4/c1-2-38-31-18-24(7-16-30(31)40-21-23-5-10-27(34)11-6-23)17-25(19-35)32(37)36-28-12-14-29(15-13-28)39-20-22-3-8-26(33)9-4-22/h3-18H,2,20-21H2,1H3,(H,36,37)/b25-17+. The molecule has 0 aliphatic rings. The van der Waals surface area contributed by atoms with Crippen molar-refractivity contribution in [2.45, 2.75) is 20.1 Å². The van der Waals surface area contributed by atoms with Crippen molar-refractivity contribution in [2.75, 3.05) is 11.9 Å². The van der Waals surface area contributed by atoms with E-state index in [2.05, 4.69) is 21.2 Å². The van der Waals surface area contributed by atoms with Crippen molar-refractivity contribution in [2.24, 2.45) is 0 Å². The van der Waals surface area contributed by atoms with Crippen molar-refractivity contribution in [1.82, 2.24) is 0 Å². The minimum absolute atomic E-state index is 0.0483. The van der Waals surface area contributed by atoms with E-state index in [1.54, 1.807) is 54.6 Å². The molecule has 6 nitrogen and oxygen atoms in total. The number of rotatable bonds is 11. The third-order valence-electron chi connectivity index (χ3n) is 5.68. The van der Waals surface area contributed by atoms with Gasteiger partial charge >= 0.3 is 0 Å². The Morgan fingerprint density at radius 2 is 1.52 bits per heavy atom. The number of nitrogens with zero attached hydrogens (tertiary/aromatic N) is 1. The van der Waals surface area contributed by atoms with Crippen LogP contribution in [0.15, 0.2) is 101 Å². The first-order valence-corrected chi connectivity index (χ1v) is 13.6. The average Bonchev–Trinajstić information content (AvgIpc) is 2.97. The Hall–Kier alpha value is -4.25. The van der Waals surface area contributed by atoms with Crippen molar-refractivity contribution >= 4 is 45.2 Å². The van der Waals surface area contributed by atoms with Gasteiger partial charge in [-0.15, -0.1) is 0 Å². The molecule has 40 heavy (non-hydrogen) atoms. The molecular formula is C32H26BrClN2O4. The van der Waals surface area contributed by atoms with E-state index in [0.717, 1.165) is 15.6 Å². The Kier molecular flexibility index (Phi) is 10.2. The molecule has 0 saturated carbocycles. The van der Waals surface area contributed by atoms with Crippen LogP contribution in [-0.4, -0.2) is 12.5 Å². The molecule has 202 valence electrons. The lowest BCUT2D eigenvalue weighted by Crippen LogP contribution is -2.13. The zero-order valence-electron chi connectivity index (χ0n) is 21.7. The Labute approximate surface area is 246 Å². The fourth-order valence-electron chi connectivity index (χ4n) is 3.64. The van der Waals surface area contributed by atoms with E-state index < -0.39 is 5.91 Å². The van der Waals surface area contributed by atoms with Gasteiger partial charge in [-0.3, -0.25) is 4.79 Å². The maximum Gasteiger partial charge on any atom is 0.266 e. The summed E-state index contributed by atoms with van der Waals surface area (Å²) < 4.78 is 18.5. The summed E-state index contributed by atoms with van der Waals surface area (Å²) in [6.45, 7) is 3.07. The quantitative estimate of drug-likeness (QED) is 0.136. The van der Waals surface area contributed by atoms with Crippen molar-refractivity contribution in [1.29, 1.82) is 5.26 Å². The molecule has 1 amide bonds. The predicted molar refractivity (Wildman–Crippen MR) is 161 cm³/mol. The molecule has 0 aliphatic carbocycles. The predicted octanol–water partition coefficient (Wildman–Crippen LogP) is 8.20. The largest absolute Gasteiger partial charge is 0.490 e. The van der Waals surface area contributed by atoms with Crippen LogP contribution in [0.2, 0.25) is 5.02 Å². The number of amides is 1. The molecule has 0 aliphatic heterocycles. The smallest absolute Gasteiger partial charge is 0.266 e. The highest BCUT2D eigenvalue weighted by atomic mass is 79.9. The topological polar surface area (TPSA) is 80.6 Å². The number of anilines is 1. The molecule has 0 unspecified atom stereocenters. The van der Waals surface area contributed by atoms with E-state index in [1.807, 2.05) is 49.4 Å². The van der Waals surface area contributed by atoms with Crippen LogP contribution in [-0.2, 0) is 18.0 Å². The van der Waals surface area contributed by atoms with Crippen LogP contribution in [0.3, 0.4) is 0 Å². The maximum atomic E-state index is 12.8. The van der Waals surface area contributed by atoms with E-state index in [-0.39, 0.29) is 5.57 Å². The summed E-state index contributed by atoms with van der Waals surface area (Å²) in [5.74, 6) is 1.21. The third kappa shape index (κ3) is 8.37. The molecule has 4 aromatic rings. The van der Waals surface area contributed by atoms with E-state index in [4.69, 9.17) is 25.8 Å². The minimum Gasteiger partial charge on any atom is -0.490 e. The number of hydrogen-bond acceptors (Lipinski definition) is 5. The highest BCUT2D eigenvalue weighted by Gasteiger charge is 2.12. The van der Waals surface area contributed by atoms with Crippen LogP contribution < -0.4 is 19.5 Å². The molecule has 0 fully saturated rings. The van der Waals surface area contributed by atoms with Gasteiger partial charge in [0.25, 0.3) is 5.91 Å². The fourth-order valence-corrected chi connectivity index (χ4v) is 4.03. The molecule has 1 N–H and O–H groups in total. The van der Waals surface area contributed by atoms with Gasteiger partial charge in [0.1, 0.15) is 30.6 Å². The molecular weight excluding hydrogens is 592 g/mol. The molecule has 0 aromatic heterocycles. The van der Waals surface area contributed by atoms with E-state index in [1.165, 1.54) is 6.08 Å². The number of ether oxygens (including phenoxy) is 3. The molecule has 0 bridgehead atoms. The minimum atomic E-state index is -0.521. The second-order valence-corrected chi connectivity index (χ2v) is 9.97. The number of hydrogen-bond donors (Lipinski definition) is 1. The lowest BCUT2D eigenvalue weighted by Gasteiger charge is -2.13. The molecule has 0 spiro atoms. The summed E-state index contributed by atoms with van der Waals surface area (Å²) in [7, 11) is 0. The zero-order valence-corrected chi connectivity index (χ0v) is 24.0. The summed E-state index contributed by atoms with van der Waals surface area (Å²) in [4.78, 5) is 12.8. The number of carbonyl (C=O) groups excluding carboxylic acids is 1. The maximum absolute atomic E-state index is 12.8. The molecule has 4 aromatic carbocycles. The zero-order chi connectivity index (χ0) is 28.3. The molecule has 8 heteroatoms. The first-order valence-electron chi connectivity index (χ1n) is 12.5. The molecule has 0 radical (unpaired) electrons. The van der Waals surface area contributed by atoms with Crippen molar-refractivity contribution in [3.05, 3.63) is 123 Å². The summed E-state index contributed by atoms with van der Waals surface area (Å²) in [5.41, 5.74) is 3.13. The van der Waals surface area contributed by atoms with E-state index >= 15 is 0 Å². The van der Waals surface area contributed by atoms with Gasteiger partial charge in [-0.05, 0) is 90.4 Å². The first-order chi connectivity index (χ1) is 19.4. The van der Waals surface area contributed by atoms with Gasteiger partial charge in [0, 0.05) is 15.2 Å². The summed E-state index contributed by atoms with van der Waals surface area (Å²) in [5, 5.41) is 13.1. The SMILES string of the molecule is CCOc1cc(/C=C(\C#N)C(=O)Nc2ccc(OCc3ccc(Br)cc3)cc2)ccc1OCc1ccc(Cl)cc1. The highest BCUT2D eigenvalue weighted by Crippen LogP contribution is 2.30. The normalized spacial score (nSPS) is 10.9. The van der Waals surface area contributed by atoms with E-state index in [9.17, 15) is 10.1 Å².